The summed E-state index contributed by atoms with van der Waals surface area (Å²) in [5.41, 5.74) is 11.3. The van der Waals surface area contributed by atoms with E-state index in [1.165, 1.54) is 12.1 Å². The summed E-state index contributed by atoms with van der Waals surface area (Å²) in [5, 5.41) is 14.6. The number of nitrogen functional groups attached to an aromatic ring is 1. The van der Waals surface area contributed by atoms with Crippen LogP contribution in [0.15, 0.2) is 42.5 Å². The van der Waals surface area contributed by atoms with Crippen LogP contribution in [0.5, 0.6) is 0 Å². The molecule has 2 heterocycles. The van der Waals surface area contributed by atoms with Gasteiger partial charge in [0.05, 0.1) is 21.8 Å². The van der Waals surface area contributed by atoms with Gasteiger partial charge in [-0.2, -0.15) is 5.01 Å². The first kappa shape index (κ1) is 20.6. The molecule has 162 valence electrons. The van der Waals surface area contributed by atoms with Crippen molar-refractivity contribution >= 4 is 34.7 Å². The normalized spacial score (nSPS) is 17.8. The highest BCUT2D eigenvalue weighted by Crippen LogP contribution is 2.34. The van der Waals surface area contributed by atoms with Gasteiger partial charge in [-0.15, -0.1) is 0 Å². The molecule has 4 rings (SSSR count). The molecule has 0 bridgehead atoms. The van der Waals surface area contributed by atoms with E-state index in [1.54, 1.807) is 24.3 Å². The van der Waals surface area contributed by atoms with Crippen LogP contribution in [0.1, 0.15) is 24.8 Å². The molecule has 2 aliphatic rings. The van der Waals surface area contributed by atoms with Crippen LogP contribution in [-0.2, 0) is 4.79 Å². The van der Waals surface area contributed by atoms with Crippen molar-refractivity contribution in [2.24, 2.45) is 0 Å². The summed E-state index contributed by atoms with van der Waals surface area (Å²) in [7, 11) is 0. The summed E-state index contributed by atoms with van der Waals surface area (Å²) in [6.07, 6.45) is 1.55. The zero-order valence-electron chi connectivity index (χ0n) is 17.1. The number of aryl methyl sites for hydroxylation is 1. The molecule has 0 saturated carbocycles. The number of piperidine rings is 1. The van der Waals surface area contributed by atoms with Gasteiger partial charge in [-0.05, 0) is 43.5 Å². The summed E-state index contributed by atoms with van der Waals surface area (Å²) in [4.78, 5) is 37.9. The minimum absolute atomic E-state index is 0.0521. The van der Waals surface area contributed by atoms with E-state index in [9.17, 15) is 19.7 Å². The minimum Gasteiger partial charge on any atom is -0.397 e. The van der Waals surface area contributed by atoms with E-state index in [1.807, 2.05) is 13.0 Å². The van der Waals surface area contributed by atoms with Crippen molar-refractivity contribution in [2.45, 2.75) is 31.7 Å². The highest BCUT2D eigenvalue weighted by atomic mass is 16.6. The SMILES string of the molecule is Cc1cccc(N)c1NC(=O)N1NC2(CCN(c3ccc([N+](=O)[O-])cc3)CC2)CC1=O. The molecular weight excluding hydrogens is 400 g/mol. The molecule has 2 fully saturated rings. The van der Waals surface area contributed by atoms with Crippen LogP contribution < -0.4 is 21.4 Å². The van der Waals surface area contributed by atoms with Crippen LogP contribution in [0.4, 0.5) is 27.5 Å². The molecule has 0 unspecified atom stereocenters. The lowest BCUT2D eigenvalue weighted by Crippen LogP contribution is -2.55. The molecule has 31 heavy (non-hydrogen) atoms. The Morgan fingerprint density at radius 1 is 1.19 bits per heavy atom. The number of carbonyl (C=O) groups is 2. The average Bonchev–Trinajstić information content (AvgIpc) is 3.07. The maximum atomic E-state index is 12.7. The van der Waals surface area contributed by atoms with Gasteiger partial charge in [-0.1, -0.05) is 12.1 Å². The lowest BCUT2D eigenvalue weighted by Gasteiger charge is -2.40. The number of nitro groups is 1. The predicted octanol–water partition coefficient (Wildman–Crippen LogP) is 2.79. The van der Waals surface area contributed by atoms with Gasteiger partial charge in [0.15, 0.2) is 0 Å². The summed E-state index contributed by atoms with van der Waals surface area (Å²) in [6, 6.07) is 11.2. The number of hydrogen-bond acceptors (Lipinski definition) is 7. The van der Waals surface area contributed by atoms with E-state index >= 15 is 0 Å². The Labute approximate surface area is 179 Å². The standard InChI is InChI=1S/C21H24N6O4/c1-14-3-2-4-17(22)19(14)23-20(29)26-18(28)13-21(24-26)9-11-25(12-10-21)15-5-7-16(8-6-15)27(30)31/h2-8,24H,9-13,22H2,1H3,(H,23,29). The molecular formula is C21H24N6O4. The molecule has 0 aromatic heterocycles. The molecule has 10 heteroatoms. The number of nitro benzene ring substituents is 1. The number of para-hydroxylation sites is 1. The van der Waals surface area contributed by atoms with Crippen LogP contribution >= 0.6 is 0 Å². The largest absolute Gasteiger partial charge is 0.397 e. The molecule has 4 N–H and O–H groups in total. The van der Waals surface area contributed by atoms with Crippen molar-refractivity contribution in [1.29, 1.82) is 0 Å². The number of amides is 3. The number of nitrogens with one attached hydrogen (secondary N) is 2. The number of carbonyl (C=O) groups excluding carboxylic acids is 2. The minimum atomic E-state index is -0.555. The number of urea groups is 1. The lowest BCUT2D eigenvalue weighted by atomic mass is 9.86. The van der Waals surface area contributed by atoms with E-state index in [4.69, 9.17) is 5.73 Å². The summed E-state index contributed by atoms with van der Waals surface area (Å²) in [6.45, 7) is 3.16. The molecule has 1 spiro atoms. The summed E-state index contributed by atoms with van der Waals surface area (Å²) >= 11 is 0. The summed E-state index contributed by atoms with van der Waals surface area (Å²) in [5.74, 6) is -0.284. The first-order valence-corrected chi connectivity index (χ1v) is 10.0. The van der Waals surface area contributed by atoms with Crippen molar-refractivity contribution < 1.29 is 14.5 Å². The Morgan fingerprint density at radius 2 is 1.87 bits per heavy atom. The van der Waals surface area contributed by atoms with E-state index in [0.29, 0.717) is 37.3 Å². The second kappa shape index (κ2) is 7.88. The zero-order chi connectivity index (χ0) is 22.2. The number of hydrazine groups is 1. The van der Waals surface area contributed by atoms with Crippen molar-refractivity contribution in [2.75, 3.05) is 29.0 Å². The number of nitrogens with zero attached hydrogens (tertiary/aromatic N) is 3. The fourth-order valence-electron chi connectivity index (χ4n) is 4.16. The zero-order valence-corrected chi connectivity index (χ0v) is 17.1. The smallest absolute Gasteiger partial charge is 0.343 e. The van der Waals surface area contributed by atoms with Crippen LogP contribution in [0.3, 0.4) is 0 Å². The van der Waals surface area contributed by atoms with Crippen LogP contribution in [0.25, 0.3) is 0 Å². The molecule has 2 aliphatic heterocycles. The Kier molecular flexibility index (Phi) is 5.24. The van der Waals surface area contributed by atoms with Crippen LogP contribution in [0, 0.1) is 17.0 Å². The second-order valence-corrected chi connectivity index (χ2v) is 8.03. The van der Waals surface area contributed by atoms with Crippen molar-refractivity contribution in [3.05, 3.63) is 58.1 Å². The van der Waals surface area contributed by atoms with Crippen LogP contribution in [-0.4, -0.2) is 40.5 Å². The monoisotopic (exact) mass is 424 g/mol. The maximum absolute atomic E-state index is 12.7. The van der Waals surface area contributed by atoms with Gasteiger partial charge in [0.2, 0.25) is 5.91 Å². The molecule has 2 saturated heterocycles. The predicted molar refractivity (Wildman–Crippen MR) is 116 cm³/mol. The second-order valence-electron chi connectivity index (χ2n) is 8.03. The highest BCUT2D eigenvalue weighted by molar-refractivity contribution is 6.03. The molecule has 0 radical (unpaired) electrons. The van der Waals surface area contributed by atoms with Gasteiger partial charge in [0.25, 0.3) is 5.69 Å². The van der Waals surface area contributed by atoms with Crippen molar-refractivity contribution in [3.8, 4) is 0 Å². The van der Waals surface area contributed by atoms with Gasteiger partial charge in [0.1, 0.15) is 0 Å². The third-order valence-corrected chi connectivity index (χ3v) is 5.97. The van der Waals surface area contributed by atoms with Crippen molar-refractivity contribution in [1.82, 2.24) is 10.4 Å². The van der Waals surface area contributed by atoms with E-state index in [0.717, 1.165) is 16.3 Å². The molecule has 2 aromatic carbocycles. The number of rotatable bonds is 3. The number of non-ortho nitro benzene ring substituents is 1. The van der Waals surface area contributed by atoms with Gasteiger partial charge in [-0.3, -0.25) is 14.9 Å². The Balaban J connectivity index is 1.40. The Hall–Kier alpha value is -3.66. The highest BCUT2D eigenvalue weighted by Gasteiger charge is 2.47. The lowest BCUT2D eigenvalue weighted by molar-refractivity contribution is -0.384. The fraction of sp³-hybridized carbons (Fsp3) is 0.333. The quantitative estimate of drug-likeness (QED) is 0.392. The number of imide groups is 1. The maximum Gasteiger partial charge on any atom is 0.343 e. The first-order valence-electron chi connectivity index (χ1n) is 10.0. The number of nitrogens with two attached hydrogens (primary N) is 1. The van der Waals surface area contributed by atoms with Crippen LogP contribution in [0.2, 0.25) is 0 Å². The molecule has 2 aromatic rings. The average molecular weight is 424 g/mol. The van der Waals surface area contributed by atoms with Gasteiger partial charge in [0, 0.05) is 37.3 Å². The summed E-state index contributed by atoms with van der Waals surface area (Å²) < 4.78 is 0. The molecule has 0 aliphatic carbocycles. The molecule has 0 atom stereocenters. The number of hydrogen-bond donors (Lipinski definition) is 3. The topological polar surface area (TPSA) is 134 Å². The molecule has 3 amide bonds. The fourth-order valence-corrected chi connectivity index (χ4v) is 4.16. The third kappa shape index (κ3) is 4.02. The van der Waals surface area contributed by atoms with E-state index in [2.05, 4.69) is 15.6 Å². The van der Waals surface area contributed by atoms with E-state index in [-0.39, 0.29) is 18.0 Å². The van der Waals surface area contributed by atoms with Gasteiger partial charge < -0.3 is 16.0 Å². The van der Waals surface area contributed by atoms with E-state index < -0.39 is 16.5 Å². The Morgan fingerprint density at radius 3 is 2.48 bits per heavy atom. The van der Waals surface area contributed by atoms with Gasteiger partial charge >= 0.3 is 6.03 Å². The first-order chi connectivity index (χ1) is 14.8. The third-order valence-electron chi connectivity index (χ3n) is 5.97. The van der Waals surface area contributed by atoms with Gasteiger partial charge in [-0.25, -0.2) is 10.2 Å². The Bertz CT molecular complexity index is 1010. The molecule has 10 nitrogen and oxygen atoms in total. The number of benzene rings is 2. The number of anilines is 3. The van der Waals surface area contributed by atoms with Crippen molar-refractivity contribution in [3.63, 3.8) is 0 Å².